The van der Waals surface area contributed by atoms with Crippen LogP contribution in [0.1, 0.15) is 12.8 Å². The molecule has 0 saturated heterocycles. The highest BCUT2D eigenvalue weighted by Gasteiger charge is 2.33. The number of hydrogen-bond acceptors (Lipinski definition) is 3. The van der Waals surface area contributed by atoms with E-state index in [2.05, 4.69) is 9.71 Å². The summed E-state index contributed by atoms with van der Waals surface area (Å²) in [4.78, 5) is 2.99. The number of aromatic nitrogens is 1. The minimum Gasteiger partial charge on any atom is -0.366 e. The van der Waals surface area contributed by atoms with Crippen LogP contribution in [0, 0.1) is 5.92 Å². The highest BCUT2D eigenvalue weighted by Crippen LogP contribution is 2.32. The van der Waals surface area contributed by atoms with Crippen LogP contribution in [0.15, 0.2) is 23.4 Å². The summed E-state index contributed by atoms with van der Waals surface area (Å²) in [5, 5.41) is 0. The van der Waals surface area contributed by atoms with E-state index in [0.29, 0.717) is 12.5 Å². The van der Waals surface area contributed by atoms with Gasteiger partial charge in [0.25, 0.3) is 0 Å². The topological polar surface area (TPSA) is 88.0 Å². The normalized spacial score (nSPS) is 19.0. The predicted octanol–water partition coefficient (Wildman–Crippen LogP) is 0.0303. The molecular formula is C9H15N3O2S. The van der Waals surface area contributed by atoms with Crippen molar-refractivity contribution in [3.63, 3.8) is 0 Å². The van der Waals surface area contributed by atoms with Crippen LogP contribution in [0.25, 0.3) is 0 Å². The van der Waals surface area contributed by atoms with Crippen molar-refractivity contribution in [2.24, 2.45) is 11.7 Å². The predicted molar refractivity (Wildman–Crippen MR) is 56.7 cm³/mol. The van der Waals surface area contributed by atoms with E-state index in [1.54, 1.807) is 6.20 Å². The van der Waals surface area contributed by atoms with Gasteiger partial charge in [0.15, 0.2) is 0 Å². The van der Waals surface area contributed by atoms with Crippen LogP contribution in [0.3, 0.4) is 0 Å². The minimum atomic E-state index is -3.39. The zero-order chi connectivity index (χ0) is 10.9. The zero-order valence-electron chi connectivity index (χ0n) is 8.31. The Labute approximate surface area is 89.1 Å². The van der Waals surface area contributed by atoms with Gasteiger partial charge < -0.3 is 10.7 Å². The monoisotopic (exact) mass is 229 g/mol. The van der Waals surface area contributed by atoms with Crippen molar-refractivity contribution in [3.8, 4) is 0 Å². The molecule has 0 aromatic carbocycles. The van der Waals surface area contributed by atoms with Gasteiger partial charge >= 0.3 is 0 Å². The van der Waals surface area contributed by atoms with Crippen molar-refractivity contribution in [1.82, 2.24) is 9.71 Å². The molecule has 6 heteroatoms. The van der Waals surface area contributed by atoms with Gasteiger partial charge in [-0.25, -0.2) is 13.1 Å². The van der Waals surface area contributed by atoms with E-state index in [1.807, 2.05) is 0 Å². The van der Waals surface area contributed by atoms with Crippen molar-refractivity contribution in [2.75, 3.05) is 6.54 Å². The number of sulfonamides is 1. The molecule has 1 atom stereocenters. The van der Waals surface area contributed by atoms with Gasteiger partial charge in [0.2, 0.25) is 10.0 Å². The first-order valence-corrected chi connectivity index (χ1v) is 6.47. The Morgan fingerprint density at radius 2 is 2.33 bits per heavy atom. The van der Waals surface area contributed by atoms with Crippen LogP contribution in [-0.4, -0.2) is 26.0 Å². The fraction of sp³-hybridized carbons (Fsp3) is 0.556. The molecule has 1 aromatic heterocycles. The van der Waals surface area contributed by atoms with Crippen molar-refractivity contribution in [1.29, 1.82) is 0 Å². The van der Waals surface area contributed by atoms with Gasteiger partial charge in [0.05, 0.1) is 4.90 Å². The van der Waals surface area contributed by atoms with Crippen molar-refractivity contribution in [3.05, 3.63) is 18.5 Å². The summed E-state index contributed by atoms with van der Waals surface area (Å²) in [6.07, 6.45) is 5.18. The number of nitrogens with two attached hydrogens (primary N) is 1. The van der Waals surface area contributed by atoms with Gasteiger partial charge in [-0.2, -0.15) is 0 Å². The largest absolute Gasteiger partial charge is 0.366 e. The lowest BCUT2D eigenvalue weighted by Gasteiger charge is -2.15. The van der Waals surface area contributed by atoms with E-state index in [0.717, 1.165) is 12.8 Å². The van der Waals surface area contributed by atoms with Crippen molar-refractivity contribution in [2.45, 2.75) is 23.8 Å². The van der Waals surface area contributed by atoms with Crippen LogP contribution in [0.2, 0.25) is 0 Å². The van der Waals surface area contributed by atoms with E-state index in [-0.39, 0.29) is 10.9 Å². The summed E-state index contributed by atoms with van der Waals surface area (Å²) in [5.74, 6) is 0.420. The Hall–Kier alpha value is -0.850. The van der Waals surface area contributed by atoms with Crippen LogP contribution in [0.4, 0.5) is 0 Å². The van der Waals surface area contributed by atoms with Gasteiger partial charge in [0.1, 0.15) is 0 Å². The maximum absolute atomic E-state index is 11.8. The Kier molecular flexibility index (Phi) is 2.81. The standard InChI is InChI=1S/C9H15N3O2S/c10-5-9(7-1-2-7)12-15(13,14)8-3-4-11-6-8/h3-4,6-7,9,11-12H,1-2,5,10H2. The quantitative estimate of drug-likeness (QED) is 0.665. The first-order valence-electron chi connectivity index (χ1n) is 4.98. The lowest BCUT2D eigenvalue weighted by Crippen LogP contribution is -2.41. The first-order chi connectivity index (χ1) is 7.13. The molecule has 1 aliphatic carbocycles. The zero-order valence-corrected chi connectivity index (χ0v) is 9.13. The fourth-order valence-electron chi connectivity index (χ4n) is 1.58. The molecule has 1 heterocycles. The third-order valence-corrected chi connectivity index (χ3v) is 4.12. The van der Waals surface area contributed by atoms with Gasteiger partial charge in [-0.1, -0.05) is 0 Å². The summed E-state index contributed by atoms with van der Waals surface area (Å²) >= 11 is 0. The molecule has 2 rings (SSSR count). The molecule has 0 amide bonds. The summed E-state index contributed by atoms with van der Waals surface area (Å²) in [6, 6.07) is 1.41. The summed E-state index contributed by atoms with van der Waals surface area (Å²) < 4.78 is 26.3. The van der Waals surface area contributed by atoms with Crippen molar-refractivity contribution >= 4 is 10.0 Å². The molecule has 15 heavy (non-hydrogen) atoms. The second-order valence-corrected chi connectivity index (χ2v) is 5.56. The second kappa shape index (κ2) is 3.96. The molecular weight excluding hydrogens is 214 g/mol. The molecule has 84 valence electrons. The SMILES string of the molecule is NCC(NS(=O)(=O)c1cc[nH]c1)C1CC1. The molecule has 0 spiro atoms. The van der Waals surface area contributed by atoms with E-state index in [4.69, 9.17) is 5.73 Å². The van der Waals surface area contributed by atoms with Gasteiger partial charge in [-0.15, -0.1) is 0 Å². The molecule has 5 nitrogen and oxygen atoms in total. The maximum atomic E-state index is 11.8. The molecule has 1 aromatic rings. The number of rotatable bonds is 5. The minimum absolute atomic E-state index is 0.120. The van der Waals surface area contributed by atoms with Crippen LogP contribution < -0.4 is 10.5 Å². The van der Waals surface area contributed by atoms with E-state index in [1.165, 1.54) is 12.3 Å². The van der Waals surface area contributed by atoms with E-state index in [9.17, 15) is 8.42 Å². The lowest BCUT2D eigenvalue weighted by atomic mass is 10.2. The maximum Gasteiger partial charge on any atom is 0.242 e. The van der Waals surface area contributed by atoms with E-state index < -0.39 is 10.0 Å². The van der Waals surface area contributed by atoms with Crippen LogP contribution in [-0.2, 0) is 10.0 Å². The highest BCUT2D eigenvalue weighted by molar-refractivity contribution is 7.89. The summed E-state index contributed by atoms with van der Waals surface area (Å²) in [5.41, 5.74) is 5.54. The van der Waals surface area contributed by atoms with Gasteiger partial charge in [0, 0.05) is 25.0 Å². The number of H-pyrrole nitrogens is 1. The number of hydrogen-bond donors (Lipinski definition) is 3. The number of aromatic amines is 1. The highest BCUT2D eigenvalue weighted by atomic mass is 32.2. The summed E-state index contributed by atoms with van der Waals surface area (Å²) in [6.45, 7) is 0.355. The average molecular weight is 229 g/mol. The van der Waals surface area contributed by atoms with Gasteiger partial charge in [-0.05, 0) is 24.8 Å². The molecule has 0 radical (unpaired) electrons. The van der Waals surface area contributed by atoms with Crippen molar-refractivity contribution < 1.29 is 8.42 Å². The second-order valence-electron chi connectivity index (χ2n) is 3.85. The molecule has 0 bridgehead atoms. The van der Waals surface area contributed by atoms with Gasteiger partial charge in [-0.3, -0.25) is 0 Å². The molecule has 4 N–H and O–H groups in total. The Morgan fingerprint density at radius 1 is 1.60 bits per heavy atom. The third-order valence-electron chi connectivity index (χ3n) is 2.63. The Morgan fingerprint density at radius 3 is 2.80 bits per heavy atom. The average Bonchev–Trinajstić information content (AvgIpc) is 2.88. The molecule has 0 aliphatic heterocycles. The summed E-state index contributed by atoms with van der Waals surface area (Å²) in [7, 11) is -3.39. The van der Waals surface area contributed by atoms with Crippen LogP contribution >= 0.6 is 0 Å². The smallest absolute Gasteiger partial charge is 0.242 e. The fourth-order valence-corrected chi connectivity index (χ4v) is 2.87. The van der Waals surface area contributed by atoms with E-state index >= 15 is 0 Å². The Balaban J connectivity index is 2.10. The van der Waals surface area contributed by atoms with Crippen LogP contribution in [0.5, 0.6) is 0 Å². The molecule has 1 saturated carbocycles. The molecule has 1 fully saturated rings. The number of nitrogens with one attached hydrogen (secondary N) is 2. The molecule has 1 aliphatic rings. The molecule has 1 unspecified atom stereocenters. The first kappa shape index (κ1) is 10.7. The third kappa shape index (κ3) is 2.39. The lowest BCUT2D eigenvalue weighted by molar-refractivity contribution is 0.519. The Bertz CT molecular complexity index is 409.